The second kappa shape index (κ2) is 15.4. The maximum Gasteiger partial charge on any atom is 0.252 e. The molecule has 6 heterocycles. The standard InChI is InChI=1S/C71H62BN5O/c1-68(2,3)41-23-28-53-47(33-41)48-34-42(69(4,5)6)24-29-54(48)74(53)45-26-27-51-58(38-45)75(56-19-16-22-63-64(56)46-17-13-14-21-62(46)78-63)59-31-40(39-73)32-60-65(59)72(51)52-18-15-20-57-67(52)77(60)61-37-44(71(10,11)12)36-50-49-35-43(70(7,8)9)25-30-55(49)76(57)66(50)61/h13-38H,1-12H3/i13D,14D,15D,16D,17D,18D,19D,20D,21D,22D,23D,24D,25D,26D,27D,28D,29D,30D,31D,32D,33D,34D,35D,36D,37D,38D. The van der Waals surface area contributed by atoms with Gasteiger partial charge in [-0.25, -0.2) is 0 Å². The third-order valence-electron chi connectivity index (χ3n) is 15.1. The zero-order valence-corrected chi connectivity index (χ0v) is 44.7. The van der Waals surface area contributed by atoms with Crippen LogP contribution in [-0.4, -0.2) is 15.8 Å². The first-order valence-electron chi connectivity index (χ1n) is 38.7. The van der Waals surface area contributed by atoms with E-state index in [0.29, 0.717) is 0 Å². The minimum absolute atomic E-state index is 0.0181. The molecule has 7 heteroatoms. The molecule has 0 saturated heterocycles. The number of para-hydroxylation sites is 2. The van der Waals surface area contributed by atoms with E-state index in [9.17, 15) is 36.8 Å². The van der Waals surface area contributed by atoms with Crippen molar-refractivity contribution in [1.82, 2.24) is 9.13 Å². The minimum Gasteiger partial charge on any atom is -0.456 e. The van der Waals surface area contributed by atoms with Crippen molar-refractivity contribution in [2.75, 3.05) is 9.80 Å². The van der Waals surface area contributed by atoms with Gasteiger partial charge < -0.3 is 23.4 Å². The normalized spacial score (nSPS) is 18.7. The summed E-state index contributed by atoms with van der Waals surface area (Å²) in [6.07, 6.45) is 0. The van der Waals surface area contributed by atoms with Crippen LogP contribution < -0.4 is 26.2 Å². The van der Waals surface area contributed by atoms with Crippen LogP contribution in [0.1, 0.15) is 147 Å². The van der Waals surface area contributed by atoms with Gasteiger partial charge in [-0.05, 0) is 157 Å². The Labute approximate surface area is 493 Å². The fourth-order valence-corrected chi connectivity index (χ4v) is 11.2. The second-order valence-electron chi connectivity index (χ2n) is 24.4. The molecule has 78 heavy (non-hydrogen) atoms. The van der Waals surface area contributed by atoms with Crippen molar-refractivity contribution in [3.63, 3.8) is 0 Å². The predicted molar refractivity (Wildman–Crippen MR) is 329 cm³/mol. The van der Waals surface area contributed by atoms with Gasteiger partial charge in [0.05, 0.1) is 97.5 Å². The van der Waals surface area contributed by atoms with Gasteiger partial charge in [0.1, 0.15) is 11.2 Å². The highest BCUT2D eigenvalue weighted by atomic mass is 16.3. The van der Waals surface area contributed by atoms with E-state index in [2.05, 4.69) is 0 Å². The Morgan fingerprint density at radius 3 is 1.62 bits per heavy atom. The van der Waals surface area contributed by atoms with Gasteiger partial charge in [0.25, 0.3) is 6.71 Å². The van der Waals surface area contributed by atoms with E-state index in [1.54, 1.807) is 83.1 Å². The summed E-state index contributed by atoms with van der Waals surface area (Å²) < 4.78 is 269. The van der Waals surface area contributed by atoms with E-state index in [1.165, 1.54) is 9.47 Å². The Morgan fingerprint density at radius 1 is 0.436 bits per heavy atom. The lowest BCUT2D eigenvalue weighted by Gasteiger charge is -2.46. The molecule has 0 fully saturated rings. The van der Waals surface area contributed by atoms with Gasteiger partial charge in [0.15, 0.2) is 0 Å². The van der Waals surface area contributed by atoms with E-state index in [0.717, 1.165) is 9.47 Å². The number of hydrogen-bond acceptors (Lipinski definition) is 4. The number of nitriles is 1. The van der Waals surface area contributed by atoms with Crippen LogP contribution in [0.25, 0.3) is 76.9 Å². The Balaban J connectivity index is 1.26. The first kappa shape index (κ1) is 27.2. The molecule has 15 rings (SSSR count). The molecule has 0 N–H and O–H groups in total. The number of aromatic nitrogens is 2. The number of anilines is 6. The van der Waals surface area contributed by atoms with Crippen LogP contribution in [0.4, 0.5) is 34.1 Å². The molecule has 0 aliphatic carbocycles. The molecule has 0 spiro atoms. The zero-order chi connectivity index (χ0) is 76.5. The first-order chi connectivity index (χ1) is 48.1. The van der Waals surface area contributed by atoms with Crippen molar-refractivity contribution in [1.29, 1.82) is 5.26 Å². The summed E-state index contributed by atoms with van der Waals surface area (Å²) in [5.74, 6) is 0. The number of hydrogen-bond donors (Lipinski definition) is 0. The van der Waals surface area contributed by atoms with E-state index < -0.39 is 257 Å². The number of nitrogens with zero attached hydrogens (tertiary/aromatic N) is 5. The Hall–Kier alpha value is -8.47. The lowest BCUT2D eigenvalue weighted by molar-refractivity contribution is 0.590. The lowest BCUT2D eigenvalue weighted by Crippen LogP contribution is -2.61. The summed E-state index contributed by atoms with van der Waals surface area (Å²) in [7, 11) is 0. The zero-order valence-electron chi connectivity index (χ0n) is 70.7. The molecule has 0 atom stereocenters. The van der Waals surface area contributed by atoms with Gasteiger partial charge in [0.2, 0.25) is 0 Å². The molecular formula is C71H62BN5O. The van der Waals surface area contributed by atoms with E-state index in [-0.39, 0.29) is 84.0 Å². The number of benzene rings is 9. The largest absolute Gasteiger partial charge is 0.456 e. The molecule has 9 aromatic carbocycles. The van der Waals surface area contributed by atoms with Crippen LogP contribution in [-0.2, 0) is 21.7 Å². The van der Waals surface area contributed by atoms with Crippen molar-refractivity contribution in [2.45, 2.75) is 105 Å². The number of rotatable bonds is 2. The van der Waals surface area contributed by atoms with Gasteiger partial charge in [0, 0.05) is 49.7 Å². The van der Waals surface area contributed by atoms with Crippen molar-refractivity contribution in [2.24, 2.45) is 0 Å². The molecule has 3 aliphatic heterocycles. The fraction of sp³-hybridized carbons (Fsp3) is 0.225. The maximum absolute atomic E-state index is 11.7. The summed E-state index contributed by atoms with van der Waals surface area (Å²) in [5, 5.41) is 10.1. The van der Waals surface area contributed by atoms with Crippen molar-refractivity contribution >= 4 is 123 Å². The van der Waals surface area contributed by atoms with Crippen LogP contribution in [0.2, 0.25) is 0 Å². The summed E-state index contributed by atoms with van der Waals surface area (Å²) in [4.78, 5) is 2.20. The third-order valence-corrected chi connectivity index (χ3v) is 15.1. The molecule has 380 valence electrons. The molecule has 6 nitrogen and oxygen atoms in total. The highest BCUT2D eigenvalue weighted by Crippen LogP contribution is 2.55. The van der Waals surface area contributed by atoms with Crippen molar-refractivity contribution in [3.8, 4) is 17.4 Å². The summed E-state index contributed by atoms with van der Waals surface area (Å²) in [6.45, 7) is 18.6. The highest BCUT2D eigenvalue weighted by molar-refractivity contribution is 7.00. The van der Waals surface area contributed by atoms with E-state index >= 15 is 0 Å². The van der Waals surface area contributed by atoms with Gasteiger partial charge in [-0.1, -0.05) is 144 Å². The molecule has 0 amide bonds. The Kier molecular flexibility index (Phi) is 5.37. The molecular weight excluding hydrogens is 950 g/mol. The molecule has 0 unspecified atom stereocenters. The molecule has 3 aromatic heterocycles. The molecule has 3 aliphatic rings. The smallest absolute Gasteiger partial charge is 0.252 e. The van der Waals surface area contributed by atoms with Gasteiger partial charge in [-0.3, -0.25) is 0 Å². The van der Waals surface area contributed by atoms with Crippen molar-refractivity contribution in [3.05, 3.63) is 185 Å². The van der Waals surface area contributed by atoms with Crippen LogP contribution >= 0.6 is 0 Å². The van der Waals surface area contributed by atoms with Crippen LogP contribution in [0, 0.1) is 11.3 Å². The second-order valence-corrected chi connectivity index (χ2v) is 24.4. The number of furan rings is 1. The summed E-state index contributed by atoms with van der Waals surface area (Å²) in [6, 6.07) is -16.3. The molecule has 0 bridgehead atoms. The molecule has 0 radical (unpaired) electrons. The van der Waals surface area contributed by atoms with Gasteiger partial charge >= 0.3 is 0 Å². The van der Waals surface area contributed by atoms with Gasteiger partial charge in [-0.2, -0.15) is 5.26 Å². The maximum atomic E-state index is 11.7. The molecule has 12 aromatic rings. The van der Waals surface area contributed by atoms with Crippen LogP contribution in [0.5, 0.6) is 0 Å². The van der Waals surface area contributed by atoms with Crippen LogP contribution in [0.3, 0.4) is 0 Å². The minimum atomic E-state index is -2.01. The van der Waals surface area contributed by atoms with E-state index in [4.69, 9.17) is 8.53 Å². The third kappa shape index (κ3) is 6.38. The van der Waals surface area contributed by atoms with Crippen LogP contribution in [0.15, 0.2) is 162 Å². The predicted octanol–water partition coefficient (Wildman–Crippen LogP) is 17.2. The molecule has 0 saturated carbocycles. The topological polar surface area (TPSA) is 53.3 Å². The Bertz CT molecular complexity index is 6180. The van der Waals surface area contributed by atoms with Gasteiger partial charge in [-0.15, -0.1) is 0 Å². The average molecular weight is 1040 g/mol. The average Bonchev–Trinajstić information content (AvgIpc) is 1.16. The SMILES string of the molecule is [2H]c1c([2H])c2c3c(c1[2H])-n1c4c([2H])c([2H])c(C(C)(C)C)c([2H])c4c4c([2H])c(C(C)(C)C)c([2H])c(c41)N3c1c([2H])c(C#N)c([2H])c3c1B2c1c([2H])c([2H])c(-n2c4c([2H])c([2H])c(C(C)(C)C)c([2H])c4c4c([2H])c(C(C)(C)C)c([2H])c([2H])c42)c([2H])c1N3c1c([2H])c([2H])c([2H])c2oc3c([2H])c([2H])c([2H])c([2H])c3c12. The highest BCUT2D eigenvalue weighted by Gasteiger charge is 2.47. The summed E-state index contributed by atoms with van der Waals surface area (Å²) in [5.41, 5.74) is -13.2. The lowest BCUT2D eigenvalue weighted by atomic mass is 9.33. The first-order valence-corrected chi connectivity index (χ1v) is 25.7. The Morgan fingerprint density at radius 2 is 0.987 bits per heavy atom. The van der Waals surface area contributed by atoms with Crippen molar-refractivity contribution < 1.29 is 40.1 Å². The number of fused-ring (bicyclic) bond motifs is 15. The quantitative estimate of drug-likeness (QED) is 0.162. The fourth-order valence-electron chi connectivity index (χ4n) is 11.2. The monoisotopic (exact) mass is 1040 g/mol. The van der Waals surface area contributed by atoms with E-state index in [1.807, 2.05) is 6.07 Å². The summed E-state index contributed by atoms with van der Waals surface area (Å²) >= 11 is 0.